The number of carbonyl (C=O) groups is 1. The number of alkyl halides is 3. The Morgan fingerprint density at radius 1 is 1.10 bits per heavy atom. The molecule has 0 atom stereocenters. The van der Waals surface area contributed by atoms with Crippen molar-refractivity contribution in [1.29, 1.82) is 0 Å². The Bertz CT molecular complexity index is 1470. The summed E-state index contributed by atoms with van der Waals surface area (Å²) in [5.41, 5.74) is 0.672. The Morgan fingerprint density at radius 2 is 1.87 bits per heavy atom. The fourth-order valence-corrected chi connectivity index (χ4v) is 3.47. The van der Waals surface area contributed by atoms with Crippen LogP contribution in [0.4, 0.5) is 46.4 Å². The smallest absolute Gasteiger partial charge is 0.383 e. The monoisotopic (exact) mass is 541 g/mol. The van der Waals surface area contributed by atoms with Crippen LogP contribution in [-0.2, 0) is 22.3 Å². The predicted molar refractivity (Wildman–Crippen MR) is 138 cm³/mol. The van der Waals surface area contributed by atoms with Gasteiger partial charge in [-0.1, -0.05) is 18.7 Å². The number of rotatable bonds is 10. The summed E-state index contributed by atoms with van der Waals surface area (Å²) in [5.74, 6) is -0.920. The van der Waals surface area contributed by atoms with Crippen molar-refractivity contribution in [2.75, 3.05) is 29.7 Å². The molecule has 0 bridgehead atoms. The number of nitrogens with one attached hydrogen (secondary N) is 3. The van der Waals surface area contributed by atoms with Crippen LogP contribution in [0.2, 0.25) is 0 Å². The number of anilines is 5. The zero-order valence-electron chi connectivity index (χ0n) is 20.6. The zero-order chi connectivity index (χ0) is 28.0. The van der Waals surface area contributed by atoms with Gasteiger partial charge in [-0.25, -0.2) is 9.37 Å². The van der Waals surface area contributed by atoms with Gasteiger partial charge in [0.1, 0.15) is 11.6 Å². The number of amides is 1. The fourth-order valence-electron chi connectivity index (χ4n) is 3.47. The number of nitrogens with zero attached hydrogens (tertiary/aromatic N) is 4. The number of methoxy groups -OCH3 is 1. The van der Waals surface area contributed by atoms with Gasteiger partial charge in [0.25, 0.3) is 0 Å². The van der Waals surface area contributed by atoms with Crippen LogP contribution in [-0.4, -0.2) is 39.4 Å². The van der Waals surface area contributed by atoms with Gasteiger partial charge in [0.05, 0.1) is 36.3 Å². The van der Waals surface area contributed by atoms with E-state index in [1.807, 2.05) is 0 Å². The summed E-state index contributed by atoms with van der Waals surface area (Å²) in [7, 11) is 1.58. The highest BCUT2D eigenvalue weighted by atomic mass is 19.4. The standard InChI is InChI=1S/C26H23F4N7O2/c1-3-23(38)33-18-8-9-21(27)22(12-18)35-24-20(16-4-6-17(7-5-16)26(28,29)30)14-31-25(36-24)34-19-13-32-37(15-19)10-11-39-2/h3-9,12-15H,1,10-11H2,2H3,(H,33,38)(H2,31,34,35,36). The summed E-state index contributed by atoms with van der Waals surface area (Å²) >= 11 is 0. The number of ether oxygens (including phenoxy) is 1. The van der Waals surface area contributed by atoms with Crippen molar-refractivity contribution < 1.29 is 27.1 Å². The summed E-state index contributed by atoms with van der Waals surface area (Å²) in [6.45, 7) is 4.37. The molecule has 2 aromatic carbocycles. The van der Waals surface area contributed by atoms with E-state index in [1.165, 1.54) is 30.5 Å². The topological polar surface area (TPSA) is 106 Å². The van der Waals surface area contributed by atoms with Gasteiger partial charge in [0, 0.05) is 30.8 Å². The molecule has 0 radical (unpaired) electrons. The molecule has 2 aromatic heterocycles. The van der Waals surface area contributed by atoms with Crippen molar-refractivity contribution >= 4 is 34.7 Å². The van der Waals surface area contributed by atoms with Gasteiger partial charge in [0.15, 0.2) is 0 Å². The molecule has 0 unspecified atom stereocenters. The molecule has 0 saturated carbocycles. The molecule has 39 heavy (non-hydrogen) atoms. The third-order valence-electron chi connectivity index (χ3n) is 5.40. The van der Waals surface area contributed by atoms with E-state index < -0.39 is 23.5 Å². The van der Waals surface area contributed by atoms with Crippen molar-refractivity contribution in [2.24, 2.45) is 0 Å². The van der Waals surface area contributed by atoms with E-state index in [-0.39, 0.29) is 23.1 Å². The maximum atomic E-state index is 14.7. The normalized spacial score (nSPS) is 11.2. The number of hydrogen-bond donors (Lipinski definition) is 3. The lowest BCUT2D eigenvalue weighted by Crippen LogP contribution is -2.08. The first-order chi connectivity index (χ1) is 18.7. The van der Waals surface area contributed by atoms with Gasteiger partial charge in [-0.15, -0.1) is 0 Å². The van der Waals surface area contributed by atoms with Crippen molar-refractivity contribution in [3.8, 4) is 11.1 Å². The maximum Gasteiger partial charge on any atom is 0.416 e. The highest BCUT2D eigenvalue weighted by Gasteiger charge is 2.30. The number of halogens is 4. The lowest BCUT2D eigenvalue weighted by atomic mass is 10.1. The van der Waals surface area contributed by atoms with Gasteiger partial charge in [0.2, 0.25) is 11.9 Å². The molecule has 0 fully saturated rings. The van der Waals surface area contributed by atoms with Gasteiger partial charge in [-0.2, -0.15) is 23.3 Å². The van der Waals surface area contributed by atoms with E-state index in [1.54, 1.807) is 24.2 Å². The summed E-state index contributed by atoms with van der Waals surface area (Å²) in [6.07, 6.45) is 1.23. The van der Waals surface area contributed by atoms with Crippen LogP contribution >= 0.6 is 0 Å². The SMILES string of the molecule is C=CC(=O)Nc1ccc(F)c(Nc2nc(Nc3cnn(CCOC)c3)ncc2-c2ccc(C(F)(F)F)cc2)c1. The summed E-state index contributed by atoms with van der Waals surface area (Å²) in [5, 5.41) is 12.6. The Hall–Kier alpha value is -4.78. The van der Waals surface area contributed by atoms with Gasteiger partial charge < -0.3 is 20.7 Å². The molecule has 0 aliphatic heterocycles. The highest BCUT2D eigenvalue weighted by Crippen LogP contribution is 2.34. The van der Waals surface area contributed by atoms with Crippen LogP contribution in [0.1, 0.15) is 5.56 Å². The molecule has 0 aliphatic carbocycles. The first kappa shape index (κ1) is 27.3. The number of hydrogen-bond acceptors (Lipinski definition) is 7. The summed E-state index contributed by atoms with van der Waals surface area (Å²) in [6, 6.07) is 8.29. The van der Waals surface area contributed by atoms with Crippen molar-refractivity contribution in [3.63, 3.8) is 0 Å². The molecule has 9 nitrogen and oxygen atoms in total. The van der Waals surface area contributed by atoms with E-state index in [0.29, 0.717) is 30.0 Å². The van der Waals surface area contributed by atoms with Crippen LogP contribution in [0.5, 0.6) is 0 Å². The second-order valence-corrected chi connectivity index (χ2v) is 8.15. The third-order valence-corrected chi connectivity index (χ3v) is 5.40. The molecule has 1 amide bonds. The van der Waals surface area contributed by atoms with Gasteiger partial charge >= 0.3 is 6.18 Å². The second kappa shape index (κ2) is 11.7. The first-order valence-corrected chi connectivity index (χ1v) is 11.5. The van der Waals surface area contributed by atoms with Crippen LogP contribution in [0.3, 0.4) is 0 Å². The number of benzene rings is 2. The van der Waals surface area contributed by atoms with E-state index in [9.17, 15) is 22.4 Å². The largest absolute Gasteiger partial charge is 0.416 e. The first-order valence-electron chi connectivity index (χ1n) is 11.5. The van der Waals surface area contributed by atoms with Gasteiger partial charge in [-0.3, -0.25) is 9.48 Å². The predicted octanol–water partition coefficient (Wildman–Crippen LogP) is 5.76. The Kier molecular flexibility index (Phi) is 8.20. The molecule has 0 aliphatic rings. The lowest BCUT2D eigenvalue weighted by molar-refractivity contribution is -0.137. The Balaban J connectivity index is 1.70. The quantitative estimate of drug-likeness (QED) is 0.173. The fraction of sp³-hybridized carbons (Fsp3) is 0.154. The minimum absolute atomic E-state index is 0.0398. The Labute approximate surface area is 220 Å². The molecule has 202 valence electrons. The molecule has 2 heterocycles. The molecule has 0 saturated heterocycles. The lowest BCUT2D eigenvalue weighted by Gasteiger charge is -2.15. The molecular weight excluding hydrogens is 518 g/mol. The van der Waals surface area contributed by atoms with E-state index in [4.69, 9.17) is 4.74 Å². The molecule has 4 aromatic rings. The van der Waals surface area contributed by atoms with Crippen molar-refractivity contribution in [2.45, 2.75) is 12.7 Å². The van der Waals surface area contributed by atoms with E-state index >= 15 is 0 Å². The minimum atomic E-state index is -4.50. The summed E-state index contributed by atoms with van der Waals surface area (Å²) in [4.78, 5) is 20.4. The Morgan fingerprint density at radius 3 is 2.56 bits per heavy atom. The minimum Gasteiger partial charge on any atom is -0.383 e. The number of aromatic nitrogens is 4. The molecular formula is C26H23F4N7O2. The summed E-state index contributed by atoms with van der Waals surface area (Å²) < 4.78 is 60.7. The second-order valence-electron chi connectivity index (χ2n) is 8.15. The molecule has 0 spiro atoms. The number of carbonyl (C=O) groups excluding carboxylic acids is 1. The van der Waals surface area contributed by atoms with Crippen LogP contribution in [0, 0.1) is 5.82 Å². The van der Waals surface area contributed by atoms with Crippen molar-refractivity contribution in [1.82, 2.24) is 19.7 Å². The average Bonchev–Trinajstić information content (AvgIpc) is 3.36. The van der Waals surface area contributed by atoms with Crippen LogP contribution in [0.15, 0.2) is 73.7 Å². The molecule has 3 N–H and O–H groups in total. The molecule has 4 rings (SSSR count). The van der Waals surface area contributed by atoms with Crippen LogP contribution < -0.4 is 16.0 Å². The maximum absolute atomic E-state index is 14.7. The van der Waals surface area contributed by atoms with Crippen molar-refractivity contribution in [3.05, 3.63) is 85.1 Å². The zero-order valence-corrected chi connectivity index (χ0v) is 20.6. The highest BCUT2D eigenvalue weighted by molar-refractivity contribution is 5.99. The van der Waals surface area contributed by atoms with E-state index in [2.05, 4.69) is 37.6 Å². The average molecular weight is 542 g/mol. The molecule has 13 heteroatoms. The third kappa shape index (κ3) is 6.96. The van der Waals surface area contributed by atoms with Gasteiger partial charge in [-0.05, 0) is 42.0 Å². The van der Waals surface area contributed by atoms with E-state index in [0.717, 1.165) is 24.3 Å². The van der Waals surface area contributed by atoms with Crippen LogP contribution in [0.25, 0.3) is 11.1 Å².